The highest BCUT2D eigenvalue weighted by Gasteiger charge is 2.33. The van der Waals surface area contributed by atoms with E-state index in [0.29, 0.717) is 30.5 Å². The van der Waals surface area contributed by atoms with Gasteiger partial charge >= 0.3 is 0 Å². The molecule has 0 fully saturated rings. The number of allylic oxidation sites excluding steroid dienone is 1. The van der Waals surface area contributed by atoms with Crippen LogP contribution in [0.1, 0.15) is 35.1 Å². The van der Waals surface area contributed by atoms with Crippen molar-refractivity contribution in [1.82, 2.24) is 0 Å². The maximum atomic E-state index is 9.88. The molecule has 168 valence electrons. The normalized spacial score (nSPS) is 14.8. The van der Waals surface area contributed by atoms with Gasteiger partial charge in [-0.05, 0) is 43.2 Å². The minimum absolute atomic E-state index is 0.00478. The fourth-order valence-corrected chi connectivity index (χ4v) is 4.31. The third kappa shape index (κ3) is 4.62. The number of hydrogen-bond donors (Lipinski definition) is 2. The van der Waals surface area contributed by atoms with Gasteiger partial charge in [0.25, 0.3) is 0 Å². The van der Waals surface area contributed by atoms with Crippen LogP contribution in [0.25, 0.3) is 0 Å². The van der Waals surface area contributed by atoms with Gasteiger partial charge in [0.15, 0.2) is 11.5 Å². The Balaban J connectivity index is 1.76. The van der Waals surface area contributed by atoms with Crippen LogP contribution >= 0.6 is 15.9 Å². The van der Waals surface area contributed by atoms with E-state index in [0.717, 1.165) is 21.2 Å². The molecule has 6 nitrogen and oxygen atoms in total. The van der Waals surface area contributed by atoms with Crippen molar-refractivity contribution >= 4 is 15.9 Å². The van der Waals surface area contributed by atoms with Crippen LogP contribution < -0.4 is 19.9 Å². The van der Waals surface area contributed by atoms with E-state index in [9.17, 15) is 10.4 Å². The summed E-state index contributed by atoms with van der Waals surface area (Å²) in [6, 6.07) is 18.8. The lowest BCUT2D eigenvalue weighted by Crippen LogP contribution is -2.21. The zero-order valence-corrected chi connectivity index (χ0v) is 19.8. The van der Waals surface area contributed by atoms with Crippen molar-refractivity contribution in [3.63, 3.8) is 0 Å². The van der Waals surface area contributed by atoms with Crippen LogP contribution in [-0.4, -0.2) is 11.7 Å². The monoisotopic (exact) mass is 506 g/mol. The summed E-state index contributed by atoms with van der Waals surface area (Å²) in [6.07, 6.45) is 0. The first-order valence-electron chi connectivity index (χ1n) is 10.5. The molecule has 1 heterocycles. The third-order valence-corrected chi connectivity index (χ3v) is 6.08. The number of nitrogens with zero attached hydrogens (tertiary/aromatic N) is 1. The summed E-state index contributed by atoms with van der Waals surface area (Å²) < 4.78 is 18.3. The molecular formula is C26H23BrN2O4. The molecule has 0 spiro atoms. The van der Waals surface area contributed by atoms with Crippen molar-refractivity contribution < 1.29 is 19.3 Å². The second-order valence-electron chi connectivity index (χ2n) is 7.67. The summed E-state index contributed by atoms with van der Waals surface area (Å²) in [6.45, 7) is 4.78. The van der Waals surface area contributed by atoms with E-state index in [1.54, 1.807) is 12.1 Å². The Morgan fingerprint density at radius 2 is 1.79 bits per heavy atom. The van der Waals surface area contributed by atoms with Crippen LogP contribution in [0.2, 0.25) is 0 Å². The Labute approximate surface area is 201 Å². The maximum absolute atomic E-state index is 9.88. The van der Waals surface area contributed by atoms with Gasteiger partial charge in [0.1, 0.15) is 29.7 Å². The largest absolute Gasteiger partial charge is 0.508 e. The number of aromatic hydroxyl groups is 1. The second-order valence-corrected chi connectivity index (χ2v) is 8.53. The minimum Gasteiger partial charge on any atom is -0.508 e. The van der Waals surface area contributed by atoms with Crippen molar-refractivity contribution in [1.29, 1.82) is 5.26 Å². The maximum Gasteiger partial charge on any atom is 0.205 e. The van der Waals surface area contributed by atoms with Crippen LogP contribution in [0, 0.1) is 18.3 Å². The Bertz CT molecular complexity index is 1260. The molecule has 1 aliphatic heterocycles. The lowest BCUT2D eigenvalue weighted by atomic mass is 9.83. The quantitative estimate of drug-likeness (QED) is 0.447. The summed E-state index contributed by atoms with van der Waals surface area (Å²) in [5, 5.41) is 19.7. The average Bonchev–Trinajstić information content (AvgIpc) is 2.79. The zero-order chi connectivity index (χ0) is 23.5. The first-order valence-corrected chi connectivity index (χ1v) is 11.3. The minimum atomic E-state index is -0.501. The summed E-state index contributed by atoms with van der Waals surface area (Å²) in [7, 11) is 0. The number of fused-ring (bicyclic) bond motifs is 1. The molecule has 0 unspecified atom stereocenters. The smallest absolute Gasteiger partial charge is 0.205 e. The molecule has 33 heavy (non-hydrogen) atoms. The van der Waals surface area contributed by atoms with Crippen LogP contribution in [-0.2, 0) is 6.61 Å². The van der Waals surface area contributed by atoms with Gasteiger partial charge in [-0.3, -0.25) is 0 Å². The fraction of sp³-hybridized carbons (Fsp3) is 0.192. The molecule has 7 heteroatoms. The van der Waals surface area contributed by atoms with Crippen LogP contribution in [0.3, 0.4) is 0 Å². The fourth-order valence-electron chi connectivity index (χ4n) is 3.76. The zero-order valence-electron chi connectivity index (χ0n) is 18.3. The molecule has 0 aromatic heterocycles. The number of phenols is 1. The predicted molar refractivity (Wildman–Crippen MR) is 128 cm³/mol. The van der Waals surface area contributed by atoms with Gasteiger partial charge in [-0.1, -0.05) is 51.8 Å². The van der Waals surface area contributed by atoms with Gasteiger partial charge in [0.2, 0.25) is 5.88 Å². The number of phenolic OH excluding ortho intramolecular Hbond substituents is 1. The highest BCUT2D eigenvalue weighted by Crippen LogP contribution is 2.47. The van der Waals surface area contributed by atoms with Crippen molar-refractivity contribution in [2.24, 2.45) is 5.73 Å². The molecule has 3 N–H and O–H groups in total. The molecule has 1 atom stereocenters. The van der Waals surface area contributed by atoms with E-state index in [-0.39, 0.29) is 17.2 Å². The molecule has 0 saturated heterocycles. The number of aryl methyl sites for hydroxylation is 1. The molecule has 0 amide bonds. The number of halogens is 1. The Morgan fingerprint density at radius 3 is 2.48 bits per heavy atom. The van der Waals surface area contributed by atoms with Crippen molar-refractivity contribution in [3.8, 4) is 29.1 Å². The Kier molecular flexibility index (Phi) is 6.47. The molecule has 0 aliphatic carbocycles. The first kappa shape index (κ1) is 22.6. The number of rotatable bonds is 6. The van der Waals surface area contributed by atoms with Gasteiger partial charge in [0.05, 0.1) is 12.5 Å². The number of ether oxygens (including phenoxy) is 3. The number of hydrogen-bond acceptors (Lipinski definition) is 6. The second kappa shape index (κ2) is 9.47. The van der Waals surface area contributed by atoms with E-state index in [1.807, 2.05) is 50.2 Å². The lowest BCUT2D eigenvalue weighted by molar-refractivity contribution is 0.269. The highest BCUT2D eigenvalue weighted by molar-refractivity contribution is 9.10. The van der Waals surface area contributed by atoms with E-state index in [1.165, 1.54) is 11.6 Å². The van der Waals surface area contributed by atoms with E-state index in [4.69, 9.17) is 19.9 Å². The van der Waals surface area contributed by atoms with Crippen molar-refractivity contribution in [2.45, 2.75) is 26.4 Å². The van der Waals surface area contributed by atoms with Gasteiger partial charge < -0.3 is 25.1 Å². The number of nitriles is 1. The van der Waals surface area contributed by atoms with E-state index >= 15 is 0 Å². The Morgan fingerprint density at radius 1 is 1.06 bits per heavy atom. The Hall–Kier alpha value is -3.63. The SMILES string of the molecule is CCOc1cc([C@H]2C(C#N)=C(N)Oc3cc(O)ccc32)c(Br)cc1OCc1ccc(C)cc1. The number of benzene rings is 3. The first-order chi connectivity index (χ1) is 15.9. The summed E-state index contributed by atoms with van der Waals surface area (Å²) in [5.41, 5.74) is 10.1. The van der Waals surface area contributed by atoms with Gasteiger partial charge in [0, 0.05) is 16.1 Å². The molecular weight excluding hydrogens is 484 g/mol. The molecule has 4 rings (SSSR count). The van der Waals surface area contributed by atoms with Gasteiger partial charge in [-0.2, -0.15) is 5.26 Å². The molecule has 0 bridgehead atoms. The van der Waals surface area contributed by atoms with E-state index < -0.39 is 5.92 Å². The molecule has 0 saturated carbocycles. The van der Waals surface area contributed by atoms with Gasteiger partial charge in [-0.25, -0.2) is 0 Å². The molecule has 1 aliphatic rings. The summed E-state index contributed by atoms with van der Waals surface area (Å²) >= 11 is 3.65. The van der Waals surface area contributed by atoms with E-state index in [2.05, 4.69) is 22.0 Å². The average molecular weight is 507 g/mol. The predicted octanol–water partition coefficient (Wildman–Crippen LogP) is 5.66. The summed E-state index contributed by atoms with van der Waals surface area (Å²) in [5.74, 6) is 1.10. The van der Waals surface area contributed by atoms with Crippen molar-refractivity contribution in [3.05, 3.63) is 92.8 Å². The van der Waals surface area contributed by atoms with Crippen LogP contribution in [0.15, 0.2) is 70.5 Å². The molecule has 3 aromatic rings. The molecule has 3 aromatic carbocycles. The summed E-state index contributed by atoms with van der Waals surface area (Å²) in [4.78, 5) is 0. The standard InChI is InChI=1S/C26H23BrN2O4/c1-3-31-23-11-19(21(27)12-24(23)32-14-16-6-4-15(2)5-7-16)25-18-9-8-17(30)10-22(18)33-26(29)20(25)13-28/h4-12,25,30H,3,14,29H2,1-2H3/t25-/m0/s1. The number of nitrogens with two attached hydrogens (primary N) is 1. The van der Waals surface area contributed by atoms with Gasteiger partial charge in [-0.15, -0.1) is 0 Å². The van der Waals surface area contributed by atoms with Crippen molar-refractivity contribution in [2.75, 3.05) is 6.61 Å². The molecule has 0 radical (unpaired) electrons. The van der Waals surface area contributed by atoms with Crippen LogP contribution in [0.4, 0.5) is 0 Å². The highest BCUT2D eigenvalue weighted by atomic mass is 79.9. The topological polar surface area (TPSA) is 97.7 Å². The lowest BCUT2D eigenvalue weighted by Gasteiger charge is -2.28. The third-order valence-electron chi connectivity index (χ3n) is 5.39. The van der Waals surface area contributed by atoms with Crippen LogP contribution in [0.5, 0.6) is 23.0 Å².